The lowest BCUT2D eigenvalue weighted by Crippen LogP contribution is -2.20. The molecule has 0 aliphatic rings. The van der Waals surface area contributed by atoms with Crippen LogP contribution in [0.2, 0.25) is 0 Å². The van der Waals surface area contributed by atoms with Gasteiger partial charge in [0.1, 0.15) is 11.3 Å². The summed E-state index contributed by atoms with van der Waals surface area (Å²) in [5, 5.41) is 8.92. The van der Waals surface area contributed by atoms with Crippen LogP contribution >= 0.6 is 0 Å². The fourth-order valence-electron chi connectivity index (χ4n) is 3.34. The van der Waals surface area contributed by atoms with Gasteiger partial charge in [0.25, 0.3) is 5.56 Å². The van der Waals surface area contributed by atoms with E-state index in [4.69, 9.17) is 0 Å². The zero-order chi connectivity index (χ0) is 17.5. The second kappa shape index (κ2) is 5.67. The molecule has 5 aromatic rings. The fourth-order valence-corrected chi connectivity index (χ4v) is 3.34. The number of H-pyrrole nitrogens is 1. The molecule has 2 aromatic carbocycles. The Bertz CT molecular complexity index is 1290. The maximum atomic E-state index is 13.5. The largest absolute Gasteiger partial charge is 0.276 e. The SMILES string of the molecule is O=c1c2c(-c3ccccc3)n[nH]c2c2cccnc2n1-c1ccccc1. The van der Waals surface area contributed by atoms with Gasteiger partial charge in [0.15, 0.2) is 0 Å². The molecule has 0 saturated carbocycles. The fraction of sp³-hybridized carbons (Fsp3) is 0. The van der Waals surface area contributed by atoms with Crippen LogP contribution in [0.4, 0.5) is 0 Å². The molecule has 0 saturated heterocycles. The minimum Gasteiger partial charge on any atom is -0.276 e. The molecule has 0 atom stereocenters. The molecule has 26 heavy (non-hydrogen) atoms. The summed E-state index contributed by atoms with van der Waals surface area (Å²) in [6.45, 7) is 0. The number of aromatic amines is 1. The smallest absolute Gasteiger partial charge is 0.268 e. The van der Waals surface area contributed by atoms with Crippen LogP contribution in [-0.4, -0.2) is 19.7 Å². The second-order valence-corrected chi connectivity index (χ2v) is 6.04. The van der Waals surface area contributed by atoms with Crippen molar-refractivity contribution in [2.75, 3.05) is 0 Å². The Hall–Kier alpha value is -3.73. The Balaban J connectivity index is 1.98. The first-order valence-corrected chi connectivity index (χ1v) is 8.33. The van der Waals surface area contributed by atoms with E-state index in [9.17, 15) is 4.79 Å². The molecule has 0 amide bonds. The summed E-state index contributed by atoms with van der Waals surface area (Å²) in [6.07, 6.45) is 1.70. The minimum atomic E-state index is -0.134. The molecular weight excluding hydrogens is 324 g/mol. The highest BCUT2D eigenvalue weighted by molar-refractivity contribution is 6.07. The van der Waals surface area contributed by atoms with E-state index in [0.717, 1.165) is 16.6 Å². The number of hydrogen-bond acceptors (Lipinski definition) is 3. The quantitative estimate of drug-likeness (QED) is 0.530. The van der Waals surface area contributed by atoms with Crippen LogP contribution in [0, 0.1) is 0 Å². The van der Waals surface area contributed by atoms with Crippen LogP contribution in [-0.2, 0) is 0 Å². The molecule has 0 fully saturated rings. The standard InChI is InChI=1S/C21H14N4O/c26-21-17-18(14-8-3-1-4-9-14)23-24-19(17)16-12-7-13-22-20(16)25(21)15-10-5-2-6-11-15/h1-13H,(H,23,24). The molecule has 3 heterocycles. The summed E-state index contributed by atoms with van der Waals surface area (Å²) in [5.41, 5.74) is 3.52. The number of benzene rings is 2. The summed E-state index contributed by atoms with van der Waals surface area (Å²) in [4.78, 5) is 17.9. The Morgan fingerprint density at radius 2 is 1.58 bits per heavy atom. The highest BCUT2D eigenvalue weighted by atomic mass is 16.1. The summed E-state index contributed by atoms with van der Waals surface area (Å²) in [5.74, 6) is 0. The molecule has 124 valence electrons. The number of para-hydroxylation sites is 1. The predicted molar refractivity (Wildman–Crippen MR) is 102 cm³/mol. The third-order valence-electron chi connectivity index (χ3n) is 4.51. The first-order chi connectivity index (χ1) is 12.8. The van der Waals surface area contributed by atoms with Gasteiger partial charge in [-0.2, -0.15) is 5.10 Å². The maximum Gasteiger partial charge on any atom is 0.268 e. The summed E-state index contributed by atoms with van der Waals surface area (Å²) in [7, 11) is 0. The normalized spacial score (nSPS) is 11.2. The van der Waals surface area contributed by atoms with Gasteiger partial charge in [-0.1, -0.05) is 48.5 Å². The van der Waals surface area contributed by atoms with Gasteiger partial charge in [-0.3, -0.25) is 14.5 Å². The van der Waals surface area contributed by atoms with E-state index in [2.05, 4.69) is 15.2 Å². The number of nitrogens with zero attached hydrogens (tertiary/aromatic N) is 3. The van der Waals surface area contributed by atoms with E-state index >= 15 is 0 Å². The van der Waals surface area contributed by atoms with E-state index in [-0.39, 0.29) is 5.56 Å². The third kappa shape index (κ3) is 2.07. The third-order valence-corrected chi connectivity index (χ3v) is 4.51. The number of pyridine rings is 2. The van der Waals surface area contributed by atoms with Crippen LogP contribution in [0.3, 0.4) is 0 Å². The van der Waals surface area contributed by atoms with Crippen molar-refractivity contribution in [3.8, 4) is 16.9 Å². The van der Waals surface area contributed by atoms with Crippen LogP contribution < -0.4 is 5.56 Å². The van der Waals surface area contributed by atoms with Gasteiger partial charge in [-0.15, -0.1) is 0 Å². The Morgan fingerprint density at radius 3 is 2.35 bits per heavy atom. The highest BCUT2D eigenvalue weighted by Gasteiger charge is 2.19. The van der Waals surface area contributed by atoms with E-state index < -0.39 is 0 Å². The van der Waals surface area contributed by atoms with Crippen molar-refractivity contribution in [1.82, 2.24) is 19.7 Å². The van der Waals surface area contributed by atoms with Crippen molar-refractivity contribution in [1.29, 1.82) is 0 Å². The van der Waals surface area contributed by atoms with E-state index in [1.54, 1.807) is 10.8 Å². The molecule has 1 N–H and O–H groups in total. The second-order valence-electron chi connectivity index (χ2n) is 6.04. The zero-order valence-electron chi connectivity index (χ0n) is 13.8. The van der Waals surface area contributed by atoms with Crippen molar-refractivity contribution in [3.63, 3.8) is 0 Å². The van der Waals surface area contributed by atoms with Crippen molar-refractivity contribution in [2.45, 2.75) is 0 Å². The molecule has 0 aliphatic carbocycles. The van der Waals surface area contributed by atoms with Crippen LogP contribution in [0.15, 0.2) is 83.8 Å². The molecule has 5 rings (SSSR count). The highest BCUT2D eigenvalue weighted by Crippen LogP contribution is 2.28. The molecule has 5 heteroatoms. The first kappa shape index (κ1) is 14.6. The van der Waals surface area contributed by atoms with Gasteiger partial charge in [-0.25, -0.2) is 4.98 Å². The number of rotatable bonds is 2. The first-order valence-electron chi connectivity index (χ1n) is 8.33. The van der Waals surface area contributed by atoms with Crippen LogP contribution in [0.1, 0.15) is 0 Å². The molecule has 5 nitrogen and oxygen atoms in total. The topological polar surface area (TPSA) is 63.6 Å². The Morgan fingerprint density at radius 1 is 0.846 bits per heavy atom. The lowest BCUT2D eigenvalue weighted by Gasteiger charge is -2.10. The van der Waals surface area contributed by atoms with Crippen LogP contribution in [0.25, 0.3) is 38.9 Å². The molecule has 0 spiro atoms. The monoisotopic (exact) mass is 338 g/mol. The summed E-state index contributed by atoms with van der Waals surface area (Å²) < 4.78 is 1.65. The average Bonchev–Trinajstić information content (AvgIpc) is 3.16. The molecular formula is C21H14N4O. The van der Waals surface area contributed by atoms with Crippen LogP contribution in [0.5, 0.6) is 0 Å². The molecule has 0 radical (unpaired) electrons. The Kier molecular flexibility index (Phi) is 3.18. The Labute approximate surface area is 148 Å². The maximum absolute atomic E-state index is 13.5. The summed E-state index contributed by atoms with van der Waals surface area (Å²) >= 11 is 0. The number of nitrogens with one attached hydrogen (secondary N) is 1. The molecule has 3 aromatic heterocycles. The van der Waals surface area contributed by atoms with Crippen molar-refractivity contribution < 1.29 is 0 Å². The number of aromatic nitrogens is 4. The molecule has 0 aliphatic heterocycles. The van der Waals surface area contributed by atoms with Crippen molar-refractivity contribution in [3.05, 3.63) is 89.3 Å². The van der Waals surface area contributed by atoms with Gasteiger partial charge in [0, 0.05) is 17.1 Å². The van der Waals surface area contributed by atoms with Crippen molar-refractivity contribution >= 4 is 21.9 Å². The van der Waals surface area contributed by atoms with E-state index in [0.29, 0.717) is 22.2 Å². The van der Waals surface area contributed by atoms with E-state index in [1.807, 2.05) is 72.8 Å². The lowest BCUT2D eigenvalue weighted by molar-refractivity contribution is 1.03. The van der Waals surface area contributed by atoms with Gasteiger partial charge >= 0.3 is 0 Å². The molecule has 0 unspecified atom stereocenters. The number of hydrogen-bond donors (Lipinski definition) is 1. The zero-order valence-corrected chi connectivity index (χ0v) is 13.8. The van der Waals surface area contributed by atoms with Crippen molar-refractivity contribution in [2.24, 2.45) is 0 Å². The molecule has 0 bridgehead atoms. The van der Waals surface area contributed by atoms with Gasteiger partial charge in [-0.05, 0) is 24.3 Å². The van der Waals surface area contributed by atoms with Gasteiger partial charge in [0.2, 0.25) is 0 Å². The summed E-state index contributed by atoms with van der Waals surface area (Å²) in [6, 6.07) is 23.1. The lowest BCUT2D eigenvalue weighted by atomic mass is 10.1. The minimum absolute atomic E-state index is 0.134. The van der Waals surface area contributed by atoms with Gasteiger partial charge in [0.05, 0.1) is 16.6 Å². The van der Waals surface area contributed by atoms with Gasteiger partial charge < -0.3 is 0 Å². The van der Waals surface area contributed by atoms with E-state index in [1.165, 1.54) is 0 Å². The predicted octanol–water partition coefficient (Wildman–Crippen LogP) is 3.93. The number of fused-ring (bicyclic) bond motifs is 3. The average molecular weight is 338 g/mol.